The summed E-state index contributed by atoms with van der Waals surface area (Å²) in [6, 6.07) is 3.07. The van der Waals surface area contributed by atoms with Gasteiger partial charge in [0.15, 0.2) is 5.16 Å². The van der Waals surface area contributed by atoms with Crippen molar-refractivity contribution in [2.45, 2.75) is 43.6 Å². The number of halogens is 3. The molecule has 0 atom stereocenters. The molecule has 1 fully saturated rings. The lowest BCUT2D eigenvalue weighted by molar-refractivity contribution is -0.137. The van der Waals surface area contributed by atoms with E-state index in [1.807, 2.05) is 11.5 Å². The van der Waals surface area contributed by atoms with E-state index in [0.717, 1.165) is 30.8 Å². The first-order chi connectivity index (χ1) is 14.4. The van der Waals surface area contributed by atoms with Gasteiger partial charge < -0.3 is 9.88 Å². The fourth-order valence-electron chi connectivity index (χ4n) is 3.01. The van der Waals surface area contributed by atoms with Crippen molar-refractivity contribution in [3.05, 3.63) is 42.2 Å². The first kappa shape index (κ1) is 20.4. The average molecular weight is 437 g/mol. The highest BCUT2D eigenvalue weighted by Gasteiger charge is 2.32. The highest BCUT2D eigenvalue weighted by atomic mass is 32.2. The van der Waals surface area contributed by atoms with E-state index in [-0.39, 0.29) is 17.1 Å². The molecule has 2 aromatic heterocycles. The van der Waals surface area contributed by atoms with Crippen molar-refractivity contribution < 1.29 is 18.0 Å². The average Bonchev–Trinajstić information content (AvgIpc) is 3.24. The van der Waals surface area contributed by atoms with E-state index in [2.05, 4.69) is 25.6 Å². The summed E-state index contributed by atoms with van der Waals surface area (Å²) in [6.45, 7) is 2.67. The van der Waals surface area contributed by atoms with Gasteiger partial charge in [-0.2, -0.15) is 18.3 Å². The van der Waals surface area contributed by atoms with Crippen molar-refractivity contribution >= 4 is 23.4 Å². The van der Waals surface area contributed by atoms with Crippen LogP contribution in [-0.4, -0.2) is 41.2 Å². The number of carbonyl (C=O) groups is 1. The van der Waals surface area contributed by atoms with Crippen LogP contribution in [-0.2, 0) is 17.5 Å². The summed E-state index contributed by atoms with van der Waals surface area (Å²) in [7, 11) is 0. The van der Waals surface area contributed by atoms with Gasteiger partial charge in [0, 0.05) is 12.5 Å². The van der Waals surface area contributed by atoms with E-state index < -0.39 is 17.6 Å². The SMILES string of the molecule is CCn1c(SCC(=O)Nc2cc(C(F)(F)F)ccc2-n2cncn2)nnc1C1CC1. The molecule has 12 heteroatoms. The molecule has 30 heavy (non-hydrogen) atoms. The third-order valence-electron chi connectivity index (χ3n) is 4.60. The highest BCUT2D eigenvalue weighted by Crippen LogP contribution is 2.40. The molecular formula is C18H18F3N7OS. The van der Waals surface area contributed by atoms with Crippen molar-refractivity contribution in [3.8, 4) is 5.69 Å². The molecule has 3 aromatic rings. The van der Waals surface area contributed by atoms with Crippen molar-refractivity contribution in [2.24, 2.45) is 0 Å². The third kappa shape index (κ3) is 4.32. The van der Waals surface area contributed by atoms with E-state index in [1.165, 1.54) is 35.2 Å². The summed E-state index contributed by atoms with van der Waals surface area (Å²) in [6.07, 6.45) is 0.240. The van der Waals surface area contributed by atoms with Gasteiger partial charge in [0.1, 0.15) is 18.5 Å². The van der Waals surface area contributed by atoms with Crippen molar-refractivity contribution in [2.75, 3.05) is 11.1 Å². The zero-order chi connectivity index (χ0) is 21.3. The number of aromatic nitrogens is 6. The zero-order valence-electron chi connectivity index (χ0n) is 15.9. The van der Waals surface area contributed by atoms with Crippen molar-refractivity contribution in [1.82, 2.24) is 29.5 Å². The van der Waals surface area contributed by atoms with Crippen LogP contribution in [0.3, 0.4) is 0 Å². The maximum absolute atomic E-state index is 13.1. The number of anilines is 1. The molecule has 8 nitrogen and oxygen atoms in total. The predicted octanol–water partition coefficient (Wildman–Crippen LogP) is 3.51. The van der Waals surface area contributed by atoms with Gasteiger partial charge in [-0.15, -0.1) is 10.2 Å². The fraction of sp³-hybridized carbons (Fsp3) is 0.389. The topological polar surface area (TPSA) is 90.5 Å². The summed E-state index contributed by atoms with van der Waals surface area (Å²) in [5.74, 6) is 0.873. The van der Waals surface area contributed by atoms with Crippen LogP contribution in [0.25, 0.3) is 5.69 Å². The Kier molecular flexibility index (Phi) is 5.50. The van der Waals surface area contributed by atoms with Crippen LogP contribution >= 0.6 is 11.8 Å². The van der Waals surface area contributed by atoms with E-state index in [9.17, 15) is 18.0 Å². The van der Waals surface area contributed by atoms with E-state index in [0.29, 0.717) is 17.6 Å². The van der Waals surface area contributed by atoms with Gasteiger partial charge in [0.25, 0.3) is 0 Å². The second kappa shape index (κ2) is 8.09. The fourth-order valence-corrected chi connectivity index (χ4v) is 3.82. The van der Waals surface area contributed by atoms with E-state index in [4.69, 9.17) is 0 Å². The number of carbonyl (C=O) groups excluding carboxylic acids is 1. The van der Waals surface area contributed by atoms with Crippen LogP contribution in [0.1, 0.15) is 37.1 Å². The minimum Gasteiger partial charge on any atom is -0.323 e. The zero-order valence-corrected chi connectivity index (χ0v) is 16.7. The summed E-state index contributed by atoms with van der Waals surface area (Å²) in [4.78, 5) is 16.3. The van der Waals surface area contributed by atoms with Crippen LogP contribution < -0.4 is 5.32 Å². The van der Waals surface area contributed by atoms with Gasteiger partial charge >= 0.3 is 6.18 Å². The van der Waals surface area contributed by atoms with E-state index >= 15 is 0 Å². The van der Waals surface area contributed by atoms with Crippen LogP contribution in [0.15, 0.2) is 36.0 Å². The Morgan fingerprint density at radius 2 is 2.10 bits per heavy atom. The minimum atomic E-state index is -4.54. The molecule has 1 aromatic carbocycles. The van der Waals surface area contributed by atoms with Crippen molar-refractivity contribution in [3.63, 3.8) is 0 Å². The Bertz CT molecular complexity index is 1040. The van der Waals surface area contributed by atoms with Gasteiger partial charge in [-0.05, 0) is 38.0 Å². The highest BCUT2D eigenvalue weighted by molar-refractivity contribution is 7.99. The first-order valence-electron chi connectivity index (χ1n) is 9.28. The van der Waals surface area contributed by atoms with Crippen LogP contribution in [0, 0.1) is 0 Å². The number of hydrogen-bond acceptors (Lipinski definition) is 6. The summed E-state index contributed by atoms with van der Waals surface area (Å²) < 4.78 is 42.7. The molecule has 0 saturated heterocycles. The summed E-state index contributed by atoms with van der Waals surface area (Å²) in [5, 5.41) is 15.5. The number of hydrogen-bond donors (Lipinski definition) is 1. The molecule has 0 spiro atoms. The first-order valence-corrected chi connectivity index (χ1v) is 10.3. The number of benzene rings is 1. The smallest absolute Gasteiger partial charge is 0.323 e. The molecule has 1 N–H and O–H groups in total. The monoisotopic (exact) mass is 437 g/mol. The number of thioether (sulfide) groups is 1. The van der Waals surface area contributed by atoms with Crippen LogP contribution in [0.5, 0.6) is 0 Å². The Labute approximate surface area is 173 Å². The van der Waals surface area contributed by atoms with Gasteiger partial charge in [-0.25, -0.2) is 9.67 Å². The Morgan fingerprint density at radius 1 is 1.30 bits per heavy atom. The lowest BCUT2D eigenvalue weighted by atomic mass is 10.1. The van der Waals surface area contributed by atoms with Crippen LogP contribution in [0.4, 0.5) is 18.9 Å². The normalized spacial score (nSPS) is 14.1. The van der Waals surface area contributed by atoms with Crippen LogP contribution in [0.2, 0.25) is 0 Å². The number of amides is 1. The second-order valence-electron chi connectivity index (χ2n) is 6.77. The molecule has 0 bridgehead atoms. The third-order valence-corrected chi connectivity index (χ3v) is 5.57. The molecule has 1 amide bonds. The van der Waals surface area contributed by atoms with Gasteiger partial charge in [-0.1, -0.05) is 11.8 Å². The number of nitrogens with one attached hydrogen (secondary N) is 1. The number of rotatable bonds is 7. The molecule has 1 saturated carbocycles. The van der Waals surface area contributed by atoms with Gasteiger partial charge in [-0.3, -0.25) is 4.79 Å². The molecule has 158 valence electrons. The Morgan fingerprint density at radius 3 is 2.73 bits per heavy atom. The maximum atomic E-state index is 13.1. The number of nitrogens with zero attached hydrogens (tertiary/aromatic N) is 6. The van der Waals surface area contributed by atoms with Gasteiger partial charge in [0.2, 0.25) is 5.91 Å². The van der Waals surface area contributed by atoms with Gasteiger partial charge in [0.05, 0.1) is 22.7 Å². The quantitative estimate of drug-likeness (QED) is 0.569. The van der Waals surface area contributed by atoms with Crippen molar-refractivity contribution in [1.29, 1.82) is 0 Å². The lowest BCUT2D eigenvalue weighted by Gasteiger charge is -2.14. The Hall–Kier alpha value is -2.89. The maximum Gasteiger partial charge on any atom is 0.416 e. The summed E-state index contributed by atoms with van der Waals surface area (Å²) in [5.41, 5.74) is -0.586. The molecule has 0 unspecified atom stereocenters. The molecule has 1 aliphatic carbocycles. The second-order valence-corrected chi connectivity index (χ2v) is 7.71. The molecule has 0 aliphatic heterocycles. The molecule has 4 rings (SSSR count). The molecule has 0 radical (unpaired) electrons. The number of alkyl halides is 3. The standard InChI is InChI=1S/C18H18F3N7OS/c1-2-27-16(11-3-4-11)25-26-17(27)30-8-15(29)24-13-7-12(18(19,20)21)5-6-14(13)28-10-22-9-23-28/h5-7,9-11H,2-4,8H2,1H3,(H,24,29). The minimum absolute atomic E-state index is 0.00319. The predicted molar refractivity (Wildman–Crippen MR) is 103 cm³/mol. The van der Waals surface area contributed by atoms with E-state index in [1.54, 1.807) is 0 Å². The molecule has 1 aliphatic rings. The largest absolute Gasteiger partial charge is 0.416 e. The summed E-state index contributed by atoms with van der Waals surface area (Å²) >= 11 is 1.20. The Balaban J connectivity index is 1.51. The molecular weight excluding hydrogens is 419 g/mol. The lowest BCUT2D eigenvalue weighted by Crippen LogP contribution is -2.17. The molecule has 2 heterocycles.